The first-order chi connectivity index (χ1) is 13.4. The number of Topliss-reactive ketones (excluding diaryl/α,β-unsaturated/α-hetero) is 1. The van der Waals surface area contributed by atoms with Crippen molar-refractivity contribution in [2.45, 2.75) is 37.1 Å². The molecule has 7 heteroatoms. The van der Waals surface area contributed by atoms with Crippen LogP contribution in [0.5, 0.6) is 0 Å². The summed E-state index contributed by atoms with van der Waals surface area (Å²) in [7, 11) is -3.79. The van der Waals surface area contributed by atoms with Gasteiger partial charge in [0, 0.05) is 37.5 Å². The van der Waals surface area contributed by atoms with E-state index in [4.69, 9.17) is 0 Å². The molecule has 0 aromatic heterocycles. The van der Waals surface area contributed by atoms with Crippen molar-refractivity contribution < 1.29 is 18.0 Å². The molecule has 2 aromatic carbocycles. The molecule has 4 rings (SSSR count). The number of anilines is 1. The number of para-hydroxylation sites is 1. The van der Waals surface area contributed by atoms with Gasteiger partial charge in [0.2, 0.25) is 0 Å². The van der Waals surface area contributed by atoms with E-state index in [9.17, 15) is 18.0 Å². The zero-order valence-electron chi connectivity index (χ0n) is 15.7. The van der Waals surface area contributed by atoms with Crippen molar-refractivity contribution in [1.82, 2.24) is 4.90 Å². The third-order valence-electron chi connectivity index (χ3n) is 5.39. The Morgan fingerprint density at radius 2 is 1.75 bits per heavy atom. The molecule has 1 saturated heterocycles. The van der Waals surface area contributed by atoms with Crippen molar-refractivity contribution in [1.29, 1.82) is 0 Å². The smallest absolute Gasteiger partial charge is 0.264 e. The van der Waals surface area contributed by atoms with Crippen molar-refractivity contribution in [3.8, 4) is 0 Å². The number of amides is 1. The lowest BCUT2D eigenvalue weighted by atomic mass is 10.1. The number of rotatable bonds is 3. The van der Waals surface area contributed by atoms with E-state index in [1.165, 1.54) is 16.4 Å². The van der Waals surface area contributed by atoms with Crippen LogP contribution in [-0.2, 0) is 21.2 Å². The molecule has 2 heterocycles. The second kappa shape index (κ2) is 7.05. The van der Waals surface area contributed by atoms with E-state index in [-0.39, 0.29) is 22.6 Å². The van der Waals surface area contributed by atoms with Gasteiger partial charge in [-0.25, -0.2) is 8.42 Å². The monoisotopic (exact) mass is 398 g/mol. The Bertz CT molecular complexity index is 1040. The maximum absolute atomic E-state index is 13.4. The normalized spacial score (nSPS) is 19.6. The molecule has 0 N–H and O–H groups in total. The predicted molar refractivity (Wildman–Crippen MR) is 106 cm³/mol. The van der Waals surface area contributed by atoms with Crippen LogP contribution in [0.4, 0.5) is 5.69 Å². The van der Waals surface area contributed by atoms with Crippen molar-refractivity contribution in [2.75, 3.05) is 17.4 Å². The highest BCUT2D eigenvalue weighted by molar-refractivity contribution is 7.92. The van der Waals surface area contributed by atoms with Crippen molar-refractivity contribution in [3.05, 3.63) is 59.7 Å². The fourth-order valence-electron chi connectivity index (χ4n) is 3.95. The minimum Gasteiger partial charge on any atom is -0.338 e. The first-order valence-electron chi connectivity index (χ1n) is 9.41. The lowest BCUT2D eigenvalue weighted by Gasteiger charge is -2.27. The number of ketones is 1. The Balaban J connectivity index is 1.66. The predicted octanol–water partition coefficient (Wildman–Crippen LogP) is 2.63. The van der Waals surface area contributed by atoms with Gasteiger partial charge in [0.05, 0.1) is 10.6 Å². The number of hydrogen-bond donors (Lipinski definition) is 0. The van der Waals surface area contributed by atoms with Gasteiger partial charge in [0.15, 0.2) is 0 Å². The number of carbonyl (C=O) groups is 2. The lowest BCUT2D eigenvalue weighted by molar-refractivity contribution is -0.120. The fourth-order valence-corrected chi connectivity index (χ4v) is 5.69. The molecule has 0 radical (unpaired) electrons. The van der Waals surface area contributed by atoms with Crippen LogP contribution in [0.15, 0.2) is 53.4 Å². The first kappa shape index (κ1) is 18.7. The van der Waals surface area contributed by atoms with E-state index in [0.29, 0.717) is 43.6 Å². The summed E-state index contributed by atoms with van der Waals surface area (Å²) < 4.78 is 28.2. The number of carbonyl (C=O) groups excluding carboxylic acids is 2. The van der Waals surface area contributed by atoms with E-state index < -0.39 is 10.0 Å². The van der Waals surface area contributed by atoms with Crippen LogP contribution in [0.25, 0.3) is 0 Å². The summed E-state index contributed by atoms with van der Waals surface area (Å²) in [4.78, 5) is 25.9. The topological polar surface area (TPSA) is 74.8 Å². The summed E-state index contributed by atoms with van der Waals surface area (Å²) in [6.45, 7) is 2.65. The highest BCUT2D eigenvalue weighted by Crippen LogP contribution is 2.36. The molecule has 0 spiro atoms. The fraction of sp³-hybridized carbons (Fsp3) is 0.333. The zero-order valence-corrected chi connectivity index (χ0v) is 16.5. The maximum atomic E-state index is 13.4. The molecule has 1 fully saturated rings. The molecule has 28 heavy (non-hydrogen) atoms. The Labute approximate surface area is 164 Å². The molecule has 2 aromatic rings. The van der Waals surface area contributed by atoms with Gasteiger partial charge in [-0.3, -0.25) is 13.9 Å². The highest BCUT2D eigenvalue weighted by Gasteiger charge is 2.36. The van der Waals surface area contributed by atoms with Gasteiger partial charge < -0.3 is 4.90 Å². The summed E-state index contributed by atoms with van der Waals surface area (Å²) >= 11 is 0. The van der Waals surface area contributed by atoms with E-state index in [1.807, 2.05) is 31.2 Å². The van der Waals surface area contributed by atoms with E-state index >= 15 is 0 Å². The molecule has 146 valence electrons. The number of sulfonamides is 1. The molecular formula is C21H22N2O4S. The maximum Gasteiger partial charge on any atom is 0.264 e. The average Bonchev–Trinajstić information content (AvgIpc) is 3.04. The van der Waals surface area contributed by atoms with Crippen LogP contribution in [0.2, 0.25) is 0 Å². The van der Waals surface area contributed by atoms with Crippen LogP contribution < -0.4 is 4.31 Å². The molecule has 2 aliphatic heterocycles. The van der Waals surface area contributed by atoms with Gasteiger partial charge in [0.1, 0.15) is 5.78 Å². The number of nitrogens with zero attached hydrogens (tertiary/aromatic N) is 2. The molecule has 6 nitrogen and oxygen atoms in total. The van der Waals surface area contributed by atoms with Crippen LogP contribution in [0, 0.1) is 0 Å². The van der Waals surface area contributed by atoms with Crippen molar-refractivity contribution in [3.63, 3.8) is 0 Å². The molecular weight excluding hydrogens is 376 g/mol. The van der Waals surface area contributed by atoms with Crippen LogP contribution in [-0.4, -0.2) is 44.1 Å². The van der Waals surface area contributed by atoms with Crippen molar-refractivity contribution >= 4 is 27.4 Å². The second-order valence-electron chi connectivity index (χ2n) is 7.34. The number of benzene rings is 2. The quantitative estimate of drug-likeness (QED) is 0.797. The number of likely N-dealkylation sites (tertiary alicyclic amines) is 1. The summed E-state index contributed by atoms with van der Waals surface area (Å²) in [5, 5.41) is 0. The molecule has 0 aliphatic carbocycles. The van der Waals surface area contributed by atoms with Gasteiger partial charge in [-0.15, -0.1) is 0 Å². The first-order valence-corrected chi connectivity index (χ1v) is 10.9. The van der Waals surface area contributed by atoms with Crippen LogP contribution >= 0.6 is 0 Å². The largest absolute Gasteiger partial charge is 0.338 e. The molecule has 0 bridgehead atoms. The SMILES string of the molecule is CC1Cc2ccccc2N1S(=O)(=O)c1cccc(C(=O)N2CCC(=O)CC2)c1. The Morgan fingerprint density at radius 3 is 2.50 bits per heavy atom. The molecule has 2 aliphatic rings. The Kier molecular flexibility index (Phi) is 4.71. The van der Waals surface area contributed by atoms with Crippen LogP contribution in [0.3, 0.4) is 0 Å². The van der Waals surface area contributed by atoms with E-state index in [0.717, 1.165) is 5.56 Å². The Hall–Kier alpha value is -2.67. The third kappa shape index (κ3) is 3.20. The number of piperidine rings is 1. The van der Waals surface area contributed by atoms with E-state index in [1.54, 1.807) is 17.0 Å². The summed E-state index contributed by atoms with van der Waals surface area (Å²) in [5.41, 5.74) is 2.03. The van der Waals surface area contributed by atoms with Crippen molar-refractivity contribution in [2.24, 2.45) is 0 Å². The zero-order chi connectivity index (χ0) is 19.9. The average molecular weight is 398 g/mol. The highest BCUT2D eigenvalue weighted by atomic mass is 32.2. The minimum absolute atomic E-state index is 0.106. The molecule has 1 amide bonds. The van der Waals surface area contributed by atoms with Gasteiger partial charge >= 0.3 is 0 Å². The second-order valence-corrected chi connectivity index (χ2v) is 9.16. The summed E-state index contributed by atoms with van der Waals surface area (Å²) in [6.07, 6.45) is 1.37. The minimum atomic E-state index is -3.79. The Morgan fingerprint density at radius 1 is 1.04 bits per heavy atom. The van der Waals surface area contributed by atoms with Gasteiger partial charge in [-0.1, -0.05) is 24.3 Å². The molecule has 0 saturated carbocycles. The van der Waals surface area contributed by atoms with Gasteiger partial charge in [0.25, 0.3) is 15.9 Å². The molecule has 1 atom stereocenters. The summed E-state index contributed by atoms with van der Waals surface area (Å²) in [5.74, 6) is -0.0820. The van der Waals surface area contributed by atoms with E-state index in [2.05, 4.69) is 0 Å². The number of fused-ring (bicyclic) bond motifs is 1. The van der Waals surface area contributed by atoms with Gasteiger partial charge in [-0.05, 0) is 43.2 Å². The van der Waals surface area contributed by atoms with Gasteiger partial charge in [-0.2, -0.15) is 0 Å². The number of hydrogen-bond acceptors (Lipinski definition) is 4. The van der Waals surface area contributed by atoms with Crippen LogP contribution in [0.1, 0.15) is 35.7 Å². The third-order valence-corrected chi connectivity index (χ3v) is 7.31. The summed E-state index contributed by atoms with van der Waals surface area (Å²) in [6, 6.07) is 13.5. The molecule has 1 unspecified atom stereocenters. The lowest BCUT2D eigenvalue weighted by Crippen LogP contribution is -2.39. The standard InChI is InChI=1S/C21H22N2O4S/c1-15-13-16-5-2-3-8-20(16)23(15)28(26,27)19-7-4-6-17(14-19)21(25)22-11-9-18(24)10-12-22/h2-8,14-15H,9-13H2,1H3.